The standard InChI is InChI=1S/C29H28O/c1-2-11-30-28-10-9-26(25-8-7-23-5-3-4-6-24(23)15-25)16-27(28)29-17-20-12-21(18-29)14-22(13-20)19-29/h1,3-10,15-16,20-22H,11-14,17-19H2. The van der Waals surface area contributed by atoms with Gasteiger partial charge in [-0.3, -0.25) is 0 Å². The van der Waals surface area contributed by atoms with Crippen LogP contribution in [0.15, 0.2) is 60.7 Å². The molecular formula is C29H28O. The molecule has 4 fully saturated rings. The van der Waals surface area contributed by atoms with Crippen LogP contribution in [0.1, 0.15) is 44.1 Å². The van der Waals surface area contributed by atoms with Crippen LogP contribution < -0.4 is 4.74 Å². The van der Waals surface area contributed by atoms with E-state index in [9.17, 15) is 0 Å². The lowest BCUT2D eigenvalue weighted by Crippen LogP contribution is -2.48. The average molecular weight is 393 g/mol. The highest BCUT2D eigenvalue weighted by atomic mass is 16.5. The highest BCUT2D eigenvalue weighted by Gasteiger charge is 2.52. The van der Waals surface area contributed by atoms with E-state index >= 15 is 0 Å². The molecule has 0 atom stereocenters. The molecule has 0 spiro atoms. The minimum absolute atomic E-state index is 0.283. The van der Waals surface area contributed by atoms with Crippen LogP contribution in [-0.2, 0) is 5.41 Å². The first-order chi connectivity index (χ1) is 14.7. The minimum atomic E-state index is 0.283. The predicted molar refractivity (Wildman–Crippen MR) is 124 cm³/mol. The van der Waals surface area contributed by atoms with Crippen molar-refractivity contribution in [3.8, 4) is 29.2 Å². The normalized spacial score (nSPS) is 29.1. The average Bonchev–Trinajstić information content (AvgIpc) is 2.76. The molecule has 30 heavy (non-hydrogen) atoms. The van der Waals surface area contributed by atoms with E-state index in [-0.39, 0.29) is 5.41 Å². The molecule has 150 valence electrons. The van der Waals surface area contributed by atoms with Crippen LogP contribution in [0.2, 0.25) is 0 Å². The highest BCUT2D eigenvalue weighted by molar-refractivity contribution is 5.87. The van der Waals surface area contributed by atoms with Crippen molar-refractivity contribution < 1.29 is 4.74 Å². The molecule has 0 aromatic heterocycles. The number of terminal acetylenes is 1. The number of fused-ring (bicyclic) bond motifs is 1. The zero-order valence-corrected chi connectivity index (χ0v) is 17.4. The second-order valence-electron chi connectivity index (χ2n) is 9.96. The first kappa shape index (κ1) is 18.1. The molecule has 4 aliphatic carbocycles. The molecule has 0 heterocycles. The summed E-state index contributed by atoms with van der Waals surface area (Å²) in [5.41, 5.74) is 4.27. The summed E-state index contributed by atoms with van der Waals surface area (Å²) in [6.07, 6.45) is 13.9. The Morgan fingerprint density at radius 2 is 1.43 bits per heavy atom. The van der Waals surface area contributed by atoms with Gasteiger partial charge in [0.25, 0.3) is 0 Å². The molecule has 3 aromatic carbocycles. The van der Waals surface area contributed by atoms with Gasteiger partial charge in [0.2, 0.25) is 0 Å². The zero-order chi connectivity index (χ0) is 20.1. The Morgan fingerprint density at radius 1 is 0.800 bits per heavy atom. The Hall–Kier alpha value is -2.72. The van der Waals surface area contributed by atoms with E-state index in [0.29, 0.717) is 6.61 Å². The minimum Gasteiger partial charge on any atom is -0.481 e. The van der Waals surface area contributed by atoms with Crippen molar-refractivity contribution in [1.82, 2.24) is 0 Å². The van der Waals surface area contributed by atoms with Crippen molar-refractivity contribution in [2.45, 2.75) is 43.9 Å². The predicted octanol–water partition coefficient (Wildman–Crippen LogP) is 6.99. The summed E-state index contributed by atoms with van der Waals surface area (Å²) >= 11 is 0. The van der Waals surface area contributed by atoms with Crippen LogP contribution >= 0.6 is 0 Å². The molecule has 0 amide bonds. The van der Waals surface area contributed by atoms with E-state index in [1.54, 1.807) is 0 Å². The number of benzene rings is 3. The third-order valence-corrected chi connectivity index (χ3v) is 7.98. The molecule has 4 bridgehead atoms. The molecule has 0 radical (unpaired) electrons. The van der Waals surface area contributed by atoms with Crippen LogP contribution in [0.25, 0.3) is 21.9 Å². The summed E-state index contributed by atoms with van der Waals surface area (Å²) < 4.78 is 6.10. The van der Waals surface area contributed by atoms with Gasteiger partial charge < -0.3 is 4.74 Å². The molecule has 0 unspecified atom stereocenters. The summed E-state index contributed by atoms with van der Waals surface area (Å²) in [4.78, 5) is 0. The first-order valence-corrected chi connectivity index (χ1v) is 11.4. The van der Waals surface area contributed by atoms with Gasteiger partial charge in [-0.1, -0.05) is 48.4 Å². The highest BCUT2D eigenvalue weighted by Crippen LogP contribution is 2.62. The second-order valence-corrected chi connectivity index (χ2v) is 9.96. The van der Waals surface area contributed by atoms with Gasteiger partial charge in [0, 0.05) is 5.56 Å². The molecular weight excluding hydrogens is 364 g/mol. The van der Waals surface area contributed by atoms with E-state index in [1.807, 2.05) is 0 Å². The topological polar surface area (TPSA) is 9.23 Å². The second kappa shape index (κ2) is 6.92. The van der Waals surface area contributed by atoms with E-state index in [1.165, 1.54) is 66.0 Å². The summed E-state index contributed by atoms with van der Waals surface area (Å²) in [5, 5.41) is 2.58. The van der Waals surface area contributed by atoms with Crippen molar-refractivity contribution in [2.75, 3.05) is 6.61 Å². The van der Waals surface area contributed by atoms with Gasteiger partial charge in [-0.25, -0.2) is 0 Å². The van der Waals surface area contributed by atoms with Crippen LogP contribution in [0.3, 0.4) is 0 Å². The lowest BCUT2D eigenvalue weighted by molar-refractivity contribution is -0.00624. The molecule has 3 aromatic rings. The van der Waals surface area contributed by atoms with E-state index in [4.69, 9.17) is 11.2 Å². The molecule has 4 saturated carbocycles. The molecule has 1 heteroatoms. The third-order valence-electron chi connectivity index (χ3n) is 7.98. The third kappa shape index (κ3) is 2.93. The Balaban J connectivity index is 1.46. The van der Waals surface area contributed by atoms with E-state index in [2.05, 4.69) is 66.6 Å². The van der Waals surface area contributed by atoms with Gasteiger partial charge in [-0.15, -0.1) is 6.42 Å². The Labute approximate surface area is 179 Å². The van der Waals surface area contributed by atoms with E-state index < -0.39 is 0 Å². The van der Waals surface area contributed by atoms with Crippen LogP contribution in [0.5, 0.6) is 5.75 Å². The summed E-state index contributed by atoms with van der Waals surface area (Å²) in [7, 11) is 0. The number of ether oxygens (including phenoxy) is 1. The van der Waals surface area contributed by atoms with Crippen LogP contribution in [0, 0.1) is 30.1 Å². The molecule has 7 rings (SSSR count). The van der Waals surface area contributed by atoms with Crippen molar-refractivity contribution in [3.05, 3.63) is 66.2 Å². The van der Waals surface area contributed by atoms with Gasteiger partial charge >= 0.3 is 0 Å². The fourth-order valence-corrected chi connectivity index (χ4v) is 7.18. The molecule has 0 N–H and O–H groups in total. The first-order valence-electron chi connectivity index (χ1n) is 11.4. The Kier molecular flexibility index (Phi) is 4.17. The van der Waals surface area contributed by atoms with Crippen molar-refractivity contribution in [3.63, 3.8) is 0 Å². The van der Waals surface area contributed by atoms with Crippen LogP contribution in [-0.4, -0.2) is 6.61 Å². The number of hydrogen-bond acceptors (Lipinski definition) is 1. The van der Waals surface area contributed by atoms with E-state index in [0.717, 1.165) is 23.5 Å². The molecule has 1 nitrogen and oxygen atoms in total. The number of rotatable bonds is 4. The Bertz CT molecular complexity index is 1110. The quantitative estimate of drug-likeness (QED) is 0.435. The van der Waals surface area contributed by atoms with Crippen molar-refractivity contribution in [2.24, 2.45) is 17.8 Å². The smallest absolute Gasteiger partial charge is 0.148 e. The molecule has 0 saturated heterocycles. The Morgan fingerprint density at radius 3 is 2.13 bits per heavy atom. The summed E-state index contributed by atoms with van der Waals surface area (Å²) in [6.45, 7) is 0.342. The van der Waals surface area contributed by atoms with Gasteiger partial charge in [0.1, 0.15) is 12.4 Å². The summed E-state index contributed by atoms with van der Waals surface area (Å²) in [5.74, 6) is 6.39. The van der Waals surface area contributed by atoms with Crippen molar-refractivity contribution in [1.29, 1.82) is 0 Å². The monoisotopic (exact) mass is 392 g/mol. The van der Waals surface area contributed by atoms with Gasteiger partial charge in [-0.05, 0) is 102 Å². The van der Waals surface area contributed by atoms with Crippen LogP contribution in [0.4, 0.5) is 0 Å². The SMILES string of the molecule is C#CCOc1ccc(-c2ccc3ccccc3c2)cc1C12CC3CC(CC(C3)C1)C2. The largest absolute Gasteiger partial charge is 0.481 e. The molecule has 0 aliphatic heterocycles. The fourth-order valence-electron chi connectivity index (χ4n) is 7.18. The maximum Gasteiger partial charge on any atom is 0.148 e. The number of hydrogen-bond donors (Lipinski definition) is 0. The zero-order valence-electron chi connectivity index (χ0n) is 17.4. The van der Waals surface area contributed by atoms with Crippen molar-refractivity contribution >= 4 is 10.8 Å². The van der Waals surface area contributed by atoms with Gasteiger partial charge in [-0.2, -0.15) is 0 Å². The lowest BCUT2D eigenvalue weighted by Gasteiger charge is -2.57. The lowest BCUT2D eigenvalue weighted by atomic mass is 9.48. The maximum absolute atomic E-state index is 6.10. The molecule has 4 aliphatic rings. The van der Waals surface area contributed by atoms with Gasteiger partial charge in [0.05, 0.1) is 0 Å². The maximum atomic E-state index is 6.10. The summed E-state index contributed by atoms with van der Waals surface area (Å²) in [6, 6.07) is 22.2. The van der Waals surface area contributed by atoms with Gasteiger partial charge in [0.15, 0.2) is 0 Å². The fraction of sp³-hybridized carbons (Fsp3) is 0.379.